The van der Waals surface area contributed by atoms with E-state index in [4.69, 9.17) is 14.2 Å². The maximum Gasteiger partial charge on any atom is 0.425 e. The van der Waals surface area contributed by atoms with E-state index < -0.39 is 24.2 Å². The number of rotatable bonds is 13. The summed E-state index contributed by atoms with van der Waals surface area (Å²) in [6, 6.07) is 18.9. The van der Waals surface area contributed by atoms with Crippen molar-refractivity contribution in [2.24, 2.45) is 5.92 Å². The normalized spacial score (nSPS) is 12.7. The molecule has 0 N–H and O–H groups in total. The molecule has 2 atom stereocenters. The van der Waals surface area contributed by atoms with Crippen molar-refractivity contribution in [2.45, 2.75) is 71.6 Å². The molecular formula is C33H35F3O6. The van der Waals surface area contributed by atoms with Crippen LogP contribution in [0.5, 0.6) is 11.5 Å². The Kier molecular flexibility index (Phi) is 11.7. The maximum atomic E-state index is 13.3. The highest BCUT2D eigenvalue weighted by atomic mass is 19.4. The molecule has 224 valence electrons. The molecule has 0 heterocycles. The molecule has 9 heteroatoms. The fourth-order valence-electron chi connectivity index (χ4n) is 3.97. The van der Waals surface area contributed by atoms with Crippen molar-refractivity contribution in [3.63, 3.8) is 0 Å². The van der Waals surface area contributed by atoms with E-state index in [9.17, 15) is 27.6 Å². The summed E-state index contributed by atoms with van der Waals surface area (Å²) in [7, 11) is 0. The number of carbonyl (C=O) groups is 3. The Bertz CT molecular complexity index is 1320. The average molecular weight is 585 g/mol. The summed E-state index contributed by atoms with van der Waals surface area (Å²) in [5, 5.41) is 0. The topological polar surface area (TPSA) is 78.9 Å². The predicted octanol–water partition coefficient (Wildman–Crippen LogP) is 8.58. The number of unbranched alkanes of at least 4 members (excludes halogenated alkanes) is 3. The van der Waals surface area contributed by atoms with Crippen LogP contribution in [-0.4, -0.2) is 30.2 Å². The lowest BCUT2D eigenvalue weighted by atomic mass is 10.0. The van der Waals surface area contributed by atoms with Crippen molar-refractivity contribution in [3.05, 3.63) is 83.9 Å². The lowest BCUT2D eigenvalue weighted by molar-refractivity contribution is -0.206. The molecule has 0 aromatic heterocycles. The van der Waals surface area contributed by atoms with Crippen molar-refractivity contribution >= 4 is 17.9 Å². The SMILES string of the molecule is CCCCCCC(OC(=O)c1ccc(OC(=O)c2ccc(-c3ccc(OC(=O)C(C)CC)cc3)cc2)cc1)C(F)(F)F. The van der Waals surface area contributed by atoms with Crippen LogP contribution >= 0.6 is 0 Å². The third kappa shape index (κ3) is 9.46. The van der Waals surface area contributed by atoms with Crippen molar-refractivity contribution in [1.82, 2.24) is 0 Å². The number of hydrogen-bond donors (Lipinski definition) is 0. The highest BCUT2D eigenvalue weighted by Crippen LogP contribution is 2.29. The lowest BCUT2D eigenvalue weighted by Gasteiger charge is -2.20. The van der Waals surface area contributed by atoms with E-state index in [1.807, 2.05) is 32.9 Å². The fourth-order valence-corrected chi connectivity index (χ4v) is 3.97. The number of halogens is 3. The van der Waals surface area contributed by atoms with Crippen molar-refractivity contribution in [3.8, 4) is 22.6 Å². The van der Waals surface area contributed by atoms with Gasteiger partial charge in [0.15, 0.2) is 6.10 Å². The minimum atomic E-state index is -4.65. The monoisotopic (exact) mass is 584 g/mol. The van der Waals surface area contributed by atoms with Crippen LogP contribution in [0.2, 0.25) is 0 Å². The Balaban J connectivity index is 1.57. The van der Waals surface area contributed by atoms with Crippen LogP contribution in [0.3, 0.4) is 0 Å². The van der Waals surface area contributed by atoms with E-state index in [2.05, 4.69) is 0 Å². The van der Waals surface area contributed by atoms with Crippen molar-refractivity contribution in [1.29, 1.82) is 0 Å². The molecule has 2 unspecified atom stereocenters. The largest absolute Gasteiger partial charge is 0.449 e. The van der Waals surface area contributed by atoms with Crippen LogP contribution in [0.1, 0.15) is 80.0 Å². The number of hydrogen-bond acceptors (Lipinski definition) is 6. The molecule has 0 aliphatic carbocycles. The summed E-state index contributed by atoms with van der Waals surface area (Å²) in [5.41, 5.74) is 1.88. The number of ether oxygens (including phenoxy) is 3. The molecule has 0 saturated carbocycles. The first kappa shape index (κ1) is 32.4. The molecular weight excluding hydrogens is 549 g/mol. The van der Waals surface area contributed by atoms with Crippen LogP contribution in [0.25, 0.3) is 11.1 Å². The van der Waals surface area contributed by atoms with Gasteiger partial charge in [0.2, 0.25) is 0 Å². The van der Waals surface area contributed by atoms with Gasteiger partial charge in [-0.15, -0.1) is 0 Å². The van der Waals surface area contributed by atoms with Gasteiger partial charge in [0.05, 0.1) is 17.0 Å². The molecule has 3 aromatic carbocycles. The van der Waals surface area contributed by atoms with Gasteiger partial charge in [0.25, 0.3) is 0 Å². The van der Waals surface area contributed by atoms with Crippen LogP contribution in [0, 0.1) is 5.92 Å². The quantitative estimate of drug-likeness (QED) is 0.114. The first-order valence-electron chi connectivity index (χ1n) is 14.0. The van der Waals surface area contributed by atoms with Crippen molar-refractivity contribution in [2.75, 3.05) is 0 Å². The Hall–Kier alpha value is -4.14. The molecule has 0 spiro atoms. The third-order valence-electron chi connectivity index (χ3n) is 6.78. The molecule has 0 aliphatic heterocycles. The summed E-state index contributed by atoms with van der Waals surface area (Å²) < 4.78 is 55.5. The summed E-state index contributed by atoms with van der Waals surface area (Å²) >= 11 is 0. The summed E-state index contributed by atoms with van der Waals surface area (Å²) in [4.78, 5) is 36.9. The second-order valence-electron chi connectivity index (χ2n) is 10.0. The van der Waals surface area contributed by atoms with Gasteiger partial charge in [-0.25, -0.2) is 9.59 Å². The van der Waals surface area contributed by atoms with E-state index in [0.29, 0.717) is 25.0 Å². The lowest BCUT2D eigenvalue weighted by Crippen LogP contribution is -2.33. The van der Waals surface area contributed by atoms with Gasteiger partial charge in [0.1, 0.15) is 11.5 Å². The fraction of sp³-hybridized carbons (Fsp3) is 0.364. The van der Waals surface area contributed by atoms with E-state index in [0.717, 1.165) is 24.0 Å². The molecule has 0 aliphatic rings. The van der Waals surface area contributed by atoms with Gasteiger partial charge in [-0.1, -0.05) is 64.3 Å². The molecule has 0 radical (unpaired) electrons. The highest BCUT2D eigenvalue weighted by molar-refractivity contribution is 5.92. The number of alkyl halides is 3. The second kappa shape index (κ2) is 15.2. The molecule has 42 heavy (non-hydrogen) atoms. The maximum absolute atomic E-state index is 13.3. The first-order valence-corrected chi connectivity index (χ1v) is 14.0. The molecule has 0 fully saturated rings. The number of benzene rings is 3. The molecule has 6 nitrogen and oxygen atoms in total. The standard InChI is InChI=1S/C33H35F3O6/c1-4-6-7-8-9-29(33(34,35)36)42-32(39)26-16-20-28(21-17-26)41-31(38)25-12-10-23(11-13-25)24-14-18-27(19-15-24)40-30(37)22(3)5-2/h10-22,29H,4-9H2,1-3H3. The van der Waals surface area contributed by atoms with Crippen LogP contribution in [0.15, 0.2) is 72.8 Å². The summed E-state index contributed by atoms with van der Waals surface area (Å²) in [6.07, 6.45) is -3.79. The molecule has 0 amide bonds. The van der Waals surface area contributed by atoms with E-state index in [1.54, 1.807) is 36.4 Å². The Morgan fingerprint density at radius 1 is 0.690 bits per heavy atom. The molecule has 3 aromatic rings. The van der Waals surface area contributed by atoms with Crippen LogP contribution in [-0.2, 0) is 9.53 Å². The van der Waals surface area contributed by atoms with Crippen molar-refractivity contribution < 1.29 is 41.8 Å². The van der Waals surface area contributed by atoms with Crippen LogP contribution in [0.4, 0.5) is 13.2 Å². The van der Waals surface area contributed by atoms with E-state index >= 15 is 0 Å². The first-order chi connectivity index (χ1) is 20.0. The van der Waals surface area contributed by atoms with Crippen LogP contribution < -0.4 is 9.47 Å². The summed E-state index contributed by atoms with van der Waals surface area (Å²) in [6.45, 7) is 5.68. The van der Waals surface area contributed by atoms with Gasteiger partial charge in [-0.3, -0.25) is 4.79 Å². The second-order valence-corrected chi connectivity index (χ2v) is 10.0. The van der Waals surface area contributed by atoms with E-state index in [1.165, 1.54) is 24.3 Å². The van der Waals surface area contributed by atoms with Gasteiger partial charge in [-0.2, -0.15) is 13.2 Å². The van der Waals surface area contributed by atoms with Gasteiger partial charge in [0, 0.05) is 0 Å². The minimum absolute atomic E-state index is 0.0809. The van der Waals surface area contributed by atoms with Gasteiger partial charge >= 0.3 is 24.1 Å². The minimum Gasteiger partial charge on any atom is -0.449 e. The molecule has 0 saturated heterocycles. The van der Waals surface area contributed by atoms with E-state index in [-0.39, 0.29) is 35.2 Å². The third-order valence-corrected chi connectivity index (χ3v) is 6.78. The zero-order valence-corrected chi connectivity index (χ0v) is 23.9. The zero-order valence-electron chi connectivity index (χ0n) is 23.9. The van der Waals surface area contributed by atoms with Gasteiger partial charge < -0.3 is 14.2 Å². The Morgan fingerprint density at radius 3 is 1.74 bits per heavy atom. The molecule has 0 bridgehead atoms. The highest BCUT2D eigenvalue weighted by Gasteiger charge is 2.42. The Labute approximate surface area is 243 Å². The predicted molar refractivity (Wildman–Crippen MR) is 152 cm³/mol. The number of esters is 3. The van der Waals surface area contributed by atoms with Gasteiger partial charge in [-0.05, 0) is 78.9 Å². The smallest absolute Gasteiger partial charge is 0.425 e. The summed E-state index contributed by atoms with van der Waals surface area (Å²) in [5.74, 6) is -1.64. The average Bonchev–Trinajstić information content (AvgIpc) is 2.98. The molecule has 3 rings (SSSR count). The zero-order chi connectivity index (χ0) is 30.7. The Morgan fingerprint density at radius 2 is 1.19 bits per heavy atom. The number of carbonyl (C=O) groups excluding carboxylic acids is 3.